The maximum atomic E-state index is 11.6. The van der Waals surface area contributed by atoms with Crippen molar-refractivity contribution in [1.29, 1.82) is 0 Å². The maximum Gasteiger partial charge on any atom is 0.241 e. The molecule has 4 N–H and O–H groups in total. The third kappa shape index (κ3) is 5.19. The lowest BCUT2D eigenvalue weighted by Gasteiger charge is -2.14. The second-order valence-corrected chi connectivity index (χ2v) is 4.55. The number of carbonyl (C=O) groups is 2. The van der Waals surface area contributed by atoms with Crippen LogP contribution in [0.15, 0.2) is 18.2 Å². The number of benzene rings is 1. The Kier molecular flexibility index (Phi) is 7.87. The second-order valence-electron chi connectivity index (χ2n) is 4.55. The van der Waals surface area contributed by atoms with E-state index >= 15 is 0 Å². The minimum atomic E-state index is -0.572. The highest BCUT2D eigenvalue weighted by atomic mass is 35.5. The number of nitrogens with one attached hydrogen (secondary N) is 2. The molecule has 0 bridgehead atoms. The van der Waals surface area contributed by atoms with E-state index in [4.69, 9.17) is 5.73 Å². The van der Waals surface area contributed by atoms with E-state index in [1.165, 1.54) is 0 Å². The molecule has 0 spiro atoms. The van der Waals surface area contributed by atoms with Crippen LogP contribution in [0.25, 0.3) is 0 Å². The molecule has 1 aromatic rings. The first-order valence-corrected chi connectivity index (χ1v) is 6.41. The number of amides is 2. The monoisotopic (exact) mass is 299 g/mol. The first-order chi connectivity index (χ1) is 8.95. The molecule has 1 rings (SSSR count). The van der Waals surface area contributed by atoms with Crippen LogP contribution in [-0.2, 0) is 9.59 Å². The first-order valence-electron chi connectivity index (χ1n) is 6.41. The number of hydrogen-bond donors (Lipinski definition) is 3. The van der Waals surface area contributed by atoms with Crippen molar-refractivity contribution in [3.05, 3.63) is 23.8 Å². The standard InChI is InChI=1S/C14H21N3O2.ClH/c1-4-6-13(18)16-11-7-5-8-12(9(11)2)17-14(19)10(3)15;/h5,7-8,10H,4,6,15H2,1-3H3,(H,16,18)(H,17,19);1H/t10-;/m1./s1. The molecule has 0 saturated heterocycles. The Balaban J connectivity index is 0.00000361. The summed E-state index contributed by atoms with van der Waals surface area (Å²) in [6, 6.07) is 4.80. The SMILES string of the molecule is CCCC(=O)Nc1cccc(NC(=O)[C@@H](C)N)c1C.Cl. The number of halogens is 1. The van der Waals surface area contributed by atoms with Gasteiger partial charge in [-0.3, -0.25) is 9.59 Å². The molecule has 1 aromatic carbocycles. The summed E-state index contributed by atoms with van der Waals surface area (Å²) in [6.45, 7) is 5.42. The summed E-state index contributed by atoms with van der Waals surface area (Å²) in [5, 5.41) is 5.57. The number of hydrogen-bond acceptors (Lipinski definition) is 3. The molecule has 0 aromatic heterocycles. The van der Waals surface area contributed by atoms with Crippen molar-refractivity contribution in [2.75, 3.05) is 10.6 Å². The van der Waals surface area contributed by atoms with Gasteiger partial charge in [0.25, 0.3) is 0 Å². The van der Waals surface area contributed by atoms with Crippen molar-refractivity contribution in [1.82, 2.24) is 0 Å². The number of rotatable bonds is 5. The Morgan fingerprint density at radius 2 is 1.80 bits per heavy atom. The molecule has 5 nitrogen and oxygen atoms in total. The zero-order valence-electron chi connectivity index (χ0n) is 12.0. The van der Waals surface area contributed by atoms with Crippen LogP contribution in [0.1, 0.15) is 32.3 Å². The largest absolute Gasteiger partial charge is 0.326 e. The first kappa shape index (κ1) is 18.4. The van der Waals surface area contributed by atoms with Crippen LogP contribution in [0.4, 0.5) is 11.4 Å². The Morgan fingerprint density at radius 1 is 1.25 bits per heavy atom. The average molecular weight is 300 g/mol. The van der Waals surface area contributed by atoms with Gasteiger partial charge in [0.2, 0.25) is 11.8 Å². The fraction of sp³-hybridized carbons (Fsp3) is 0.429. The molecule has 0 aliphatic heterocycles. The highest BCUT2D eigenvalue weighted by Gasteiger charge is 2.11. The lowest BCUT2D eigenvalue weighted by atomic mass is 10.1. The van der Waals surface area contributed by atoms with Crippen LogP contribution in [0.2, 0.25) is 0 Å². The van der Waals surface area contributed by atoms with Gasteiger partial charge in [0.15, 0.2) is 0 Å². The lowest BCUT2D eigenvalue weighted by molar-refractivity contribution is -0.117. The predicted octanol–water partition coefficient (Wildman–Crippen LogP) is 2.44. The van der Waals surface area contributed by atoms with Crippen molar-refractivity contribution >= 4 is 35.6 Å². The third-order valence-electron chi connectivity index (χ3n) is 2.76. The normalized spacial score (nSPS) is 11.2. The van der Waals surface area contributed by atoms with E-state index in [9.17, 15) is 9.59 Å². The Bertz CT molecular complexity index is 475. The van der Waals surface area contributed by atoms with Gasteiger partial charge in [-0.2, -0.15) is 0 Å². The summed E-state index contributed by atoms with van der Waals surface area (Å²) in [4.78, 5) is 23.2. The van der Waals surface area contributed by atoms with Crippen LogP contribution in [-0.4, -0.2) is 17.9 Å². The van der Waals surface area contributed by atoms with E-state index < -0.39 is 6.04 Å². The molecule has 0 fully saturated rings. The van der Waals surface area contributed by atoms with Crippen molar-refractivity contribution < 1.29 is 9.59 Å². The van der Waals surface area contributed by atoms with Crippen molar-refractivity contribution in [3.8, 4) is 0 Å². The molecule has 0 unspecified atom stereocenters. The van der Waals surface area contributed by atoms with Crippen molar-refractivity contribution in [2.24, 2.45) is 5.73 Å². The highest BCUT2D eigenvalue weighted by Crippen LogP contribution is 2.23. The Hall–Kier alpha value is -1.59. The van der Waals surface area contributed by atoms with Gasteiger partial charge >= 0.3 is 0 Å². The maximum absolute atomic E-state index is 11.6. The third-order valence-corrected chi connectivity index (χ3v) is 2.76. The molecule has 2 amide bonds. The van der Waals surface area contributed by atoms with Gasteiger partial charge in [0, 0.05) is 17.8 Å². The highest BCUT2D eigenvalue weighted by molar-refractivity contribution is 5.97. The van der Waals surface area contributed by atoms with E-state index in [2.05, 4.69) is 10.6 Å². The Morgan fingerprint density at radius 3 is 2.30 bits per heavy atom. The summed E-state index contributed by atoms with van der Waals surface area (Å²) in [5.41, 5.74) is 7.70. The van der Waals surface area contributed by atoms with E-state index in [-0.39, 0.29) is 24.2 Å². The van der Waals surface area contributed by atoms with Crippen LogP contribution in [0.3, 0.4) is 0 Å². The smallest absolute Gasteiger partial charge is 0.241 e. The van der Waals surface area contributed by atoms with Crippen LogP contribution >= 0.6 is 12.4 Å². The zero-order chi connectivity index (χ0) is 14.4. The van der Waals surface area contributed by atoms with E-state index in [0.717, 1.165) is 12.0 Å². The number of anilines is 2. The molecule has 0 aliphatic carbocycles. The van der Waals surface area contributed by atoms with E-state index in [0.29, 0.717) is 17.8 Å². The van der Waals surface area contributed by atoms with Crippen molar-refractivity contribution in [2.45, 2.75) is 39.7 Å². The van der Waals surface area contributed by atoms with Gasteiger partial charge in [0.05, 0.1) is 6.04 Å². The summed E-state index contributed by atoms with van der Waals surface area (Å²) in [7, 11) is 0. The topological polar surface area (TPSA) is 84.2 Å². The summed E-state index contributed by atoms with van der Waals surface area (Å²) in [6.07, 6.45) is 1.28. The number of carbonyl (C=O) groups excluding carboxylic acids is 2. The van der Waals surface area contributed by atoms with Crippen LogP contribution in [0, 0.1) is 6.92 Å². The zero-order valence-corrected chi connectivity index (χ0v) is 12.8. The summed E-state index contributed by atoms with van der Waals surface area (Å²) < 4.78 is 0. The Labute approximate surface area is 125 Å². The van der Waals surface area contributed by atoms with Crippen LogP contribution < -0.4 is 16.4 Å². The fourth-order valence-electron chi connectivity index (χ4n) is 1.59. The average Bonchev–Trinajstić information content (AvgIpc) is 2.34. The molecule has 0 radical (unpaired) electrons. The van der Waals surface area contributed by atoms with Gasteiger partial charge in [-0.1, -0.05) is 13.0 Å². The molecule has 0 aliphatic rings. The minimum absolute atomic E-state index is 0. The second kappa shape index (κ2) is 8.55. The van der Waals surface area contributed by atoms with Gasteiger partial charge < -0.3 is 16.4 Å². The molecule has 20 heavy (non-hydrogen) atoms. The molecular weight excluding hydrogens is 278 g/mol. The minimum Gasteiger partial charge on any atom is -0.326 e. The molecule has 0 heterocycles. The number of nitrogens with two attached hydrogens (primary N) is 1. The molecule has 0 saturated carbocycles. The van der Waals surface area contributed by atoms with E-state index in [1.807, 2.05) is 19.9 Å². The fourth-order valence-corrected chi connectivity index (χ4v) is 1.59. The molecule has 6 heteroatoms. The summed E-state index contributed by atoms with van der Waals surface area (Å²) >= 11 is 0. The van der Waals surface area contributed by atoms with E-state index in [1.54, 1.807) is 19.1 Å². The molecule has 112 valence electrons. The van der Waals surface area contributed by atoms with Gasteiger partial charge in [-0.05, 0) is 38.0 Å². The predicted molar refractivity (Wildman–Crippen MR) is 84.2 cm³/mol. The lowest BCUT2D eigenvalue weighted by Crippen LogP contribution is -2.32. The van der Waals surface area contributed by atoms with Gasteiger partial charge in [-0.25, -0.2) is 0 Å². The summed E-state index contributed by atoms with van der Waals surface area (Å²) in [5.74, 6) is -0.276. The quantitative estimate of drug-likeness (QED) is 0.781. The van der Waals surface area contributed by atoms with Crippen LogP contribution in [0.5, 0.6) is 0 Å². The molecular formula is C14H22ClN3O2. The van der Waals surface area contributed by atoms with Crippen molar-refractivity contribution in [3.63, 3.8) is 0 Å². The molecule has 1 atom stereocenters. The van der Waals surface area contributed by atoms with Gasteiger partial charge in [0.1, 0.15) is 0 Å². The van der Waals surface area contributed by atoms with Gasteiger partial charge in [-0.15, -0.1) is 12.4 Å².